The second-order valence-corrected chi connectivity index (χ2v) is 7.75. The van der Waals surface area contributed by atoms with Gasteiger partial charge in [-0.3, -0.25) is 0 Å². The van der Waals surface area contributed by atoms with Crippen LogP contribution in [0.1, 0.15) is 22.7 Å². The van der Waals surface area contributed by atoms with Crippen molar-refractivity contribution in [3.8, 4) is 0 Å². The molecule has 2 aromatic rings. The highest BCUT2D eigenvalue weighted by Crippen LogP contribution is 2.38. The Balaban J connectivity index is 2.51. The van der Waals surface area contributed by atoms with E-state index >= 15 is 0 Å². The van der Waals surface area contributed by atoms with Crippen LogP contribution in [0, 0.1) is 12.7 Å². The van der Waals surface area contributed by atoms with Crippen LogP contribution in [0.3, 0.4) is 0 Å². The number of halogens is 3. The second-order valence-electron chi connectivity index (χ2n) is 4.00. The highest BCUT2D eigenvalue weighted by Gasteiger charge is 2.19. The van der Waals surface area contributed by atoms with Gasteiger partial charge in [-0.2, -0.15) is 0 Å². The molecule has 1 aromatic carbocycles. The van der Waals surface area contributed by atoms with E-state index in [0.29, 0.717) is 0 Å². The molecular weight excluding hydrogens is 381 g/mol. The summed E-state index contributed by atoms with van der Waals surface area (Å²) in [4.78, 5) is 0. The molecule has 0 bridgehead atoms. The van der Waals surface area contributed by atoms with Gasteiger partial charge in [0, 0.05) is 0 Å². The van der Waals surface area contributed by atoms with E-state index in [1.807, 2.05) is 20.0 Å². The zero-order chi connectivity index (χ0) is 13.3. The summed E-state index contributed by atoms with van der Waals surface area (Å²) in [6.45, 7) is 1.99. The Labute approximate surface area is 127 Å². The highest BCUT2D eigenvalue weighted by atomic mass is 79.9. The fourth-order valence-electron chi connectivity index (χ4n) is 1.95. The van der Waals surface area contributed by atoms with Gasteiger partial charge in [-0.1, -0.05) is 6.07 Å². The quantitative estimate of drug-likeness (QED) is 0.772. The van der Waals surface area contributed by atoms with Crippen molar-refractivity contribution in [3.63, 3.8) is 0 Å². The first kappa shape index (κ1) is 14.2. The molecular formula is C13H12Br2FNS. The van der Waals surface area contributed by atoms with Crippen LogP contribution in [-0.4, -0.2) is 7.05 Å². The number of hydrogen-bond acceptors (Lipinski definition) is 2. The number of rotatable bonds is 3. The van der Waals surface area contributed by atoms with Gasteiger partial charge in [0.25, 0.3) is 0 Å². The molecule has 1 nitrogen and oxygen atoms in total. The lowest BCUT2D eigenvalue weighted by molar-refractivity contribution is 0.615. The lowest BCUT2D eigenvalue weighted by Gasteiger charge is -2.18. The first-order chi connectivity index (χ1) is 8.52. The Hall–Kier alpha value is -0.230. The van der Waals surface area contributed by atoms with E-state index in [4.69, 9.17) is 0 Å². The van der Waals surface area contributed by atoms with E-state index < -0.39 is 0 Å². The zero-order valence-electron chi connectivity index (χ0n) is 9.93. The van der Waals surface area contributed by atoms with E-state index in [1.54, 1.807) is 17.4 Å². The first-order valence-corrected chi connectivity index (χ1v) is 7.81. The highest BCUT2D eigenvalue weighted by molar-refractivity contribution is 9.12. The van der Waals surface area contributed by atoms with Crippen molar-refractivity contribution in [1.82, 2.24) is 5.32 Å². The fourth-order valence-corrected chi connectivity index (χ4v) is 4.85. The standard InChI is InChI=1S/C13H12Br2FNS/c1-7-3-4-8(16)5-9(7)12(17-2)10-6-11(14)18-13(10)15/h3-6,12,17H,1-2H3. The topological polar surface area (TPSA) is 12.0 Å². The zero-order valence-corrected chi connectivity index (χ0v) is 13.9. The Morgan fingerprint density at radius 1 is 1.22 bits per heavy atom. The van der Waals surface area contributed by atoms with Crippen molar-refractivity contribution >= 4 is 43.2 Å². The van der Waals surface area contributed by atoms with Gasteiger partial charge in [0.05, 0.1) is 13.6 Å². The second kappa shape index (κ2) is 5.82. The van der Waals surface area contributed by atoms with Crippen LogP contribution in [0.2, 0.25) is 0 Å². The normalized spacial score (nSPS) is 12.7. The van der Waals surface area contributed by atoms with Crippen LogP contribution >= 0.6 is 43.2 Å². The molecule has 0 aliphatic rings. The predicted molar refractivity (Wildman–Crippen MR) is 81.8 cm³/mol. The van der Waals surface area contributed by atoms with Crippen LogP contribution in [0.15, 0.2) is 31.8 Å². The molecule has 18 heavy (non-hydrogen) atoms. The maximum Gasteiger partial charge on any atom is 0.123 e. The summed E-state index contributed by atoms with van der Waals surface area (Å²) in [5.74, 6) is -0.207. The van der Waals surface area contributed by atoms with Crippen LogP contribution in [0.25, 0.3) is 0 Å². The molecule has 0 aliphatic heterocycles. The number of thiophene rings is 1. The van der Waals surface area contributed by atoms with Crippen LogP contribution in [0.4, 0.5) is 4.39 Å². The summed E-state index contributed by atoms with van der Waals surface area (Å²) in [5.41, 5.74) is 3.15. The Morgan fingerprint density at radius 3 is 2.50 bits per heavy atom. The monoisotopic (exact) mass is 391 g/mol. The molecule has 0 amide bonds. The molecule has 0 radical (unpaired) electrons. The SMILES string of the molecule is CNC(c1cc(F)ccc1C)c1cc(Br)sc1Br. The van der Waals surface area contributed by atoms with Gasteiger partial charge in [0.15, 0.2) is 0 Å². The van der Waals surface area contributed by atoms with Crippen LogP contribution < -0.4 is 5.32 Å². The lowest BCUT2D eigenvalue weighted by atomic mass is 9.97. The number of benzene rings is 1. The van der Waals surface area contributed by atoms with E-state index in [2.05, 4.69) is 43.2 Å². The minimum absolute atomic E-state index is 0.0161. The molecule has 1 unspecified atom stereocenters. The van der Waals surface area contributed by atoms with Gasteiger partial charge in [0.2, 0.25) is 0 Å². The van der Waals surface area contributed by atoms with Gasteiger partial charge in [0.1, 0.15) is 5.82 Å². The molecule has 2 rings (SSSR count). The van der Waals surface area contributed by atoms with Crippen LogP contribution in [0.5, 0.6) is 0 Å². The lowest BCUT2D eigenvalue weighted by Crippen LogP contribution is -2.18. The third-order valence-corrected chi connectivity index (χ3v) is 5.22. The van der Waals surface area contributed by atoms with E-state index in [1.165, 1.54) is 6.07 Å². The molecule has 96 valence electrons. The molecule has 1 N–H and O–H groups in total. The number of aryl methyl sites for hydroxylation is 1. The largest absolute Gasteiger partial charge is 0.309 e. The first-order valence-electron chi connectivity index (χ1n) is 5.41. The third kappa shape index (κ3) is 2.85. The minimum atomic E-state index is -0.207. The number of hydrogen-bond donors (Lipinski definition) is 1. The maximum absolute atomic E-state index is 13.4. The van der Waals surface area contributed by atoms with Crippen molar-refractivity contribution in [2.24, 2.45) is 0 Å². The van der Waals surface area contributed by atoms with E-state index in [-0.39, 0.29) is 11.9 Å². The molecule has 1 heterocycles. The summed E-state index contributed by atoms with van der Waals surface area (Å²) < 4.78 is 15.5. The van der Waals surface area contributed by atoms with Gasteiger partial charge >= 0.3 is 0 Å². The summed E-state index contributed by atoms with van der Waals surface area (Å²) in [5, 5.41) is 3.25. The third-order valence-electron chi connectivity index (χ3n) is 2.84. The van der Waals surface area contributed by atoms with E-state index in [9.17, 15) is 4.39 Å². The van der Waals surface area contributed by atoms with Gasteiger partial charge in [-0.25, -0.2) is 4.39 Å². The smallest absolute Gasteiger partial charge is 0.123 e. The van der Waals surface area contributed by atoms with Gasteiger partial charge < -0.3 is 5.32 Å². The molecule has 1 atom stereocenters. The molecule has 0 saturated carbocycles. The summed E-state index contributed by atoms with van der Waals surface area (Å²) >= 11 is 8.64. The Kier molecular flexibility index (Phi) is 4.59. The molecule has 0 fully saturated rings. The average molecular weight is 393 g/mol. The summed E-state index contributed by atoms with van der Waals surface area (Å²) in [7, 11) is 1.88. The predicted octanol–water partition coefficient (Wildman–Crippen LogP) is 5.03. The Bertz CT molecular complexity index is 568. The molecule has 0 aliphatic carbocycles. The van der Waals surface area contributed by atoms with Crippen molar-refractivity contribution < 1.29 is 4.39 Å². The van der Waals surface area contributed by atoms with Crippen molar-refractivity contribution in [2.45, 2.75) is 13.0 Å². The van der Waals surface area contributed by atoms with Gasteiger partial charge in [-0.15, -0.1) is 11.3 Å². The van der Waals surface area contributed by atoms with Gasteiger partial charge in [-0.05, 0) is 80.7 Å². The molecule has 0 spiro atoms. The summed E-state index contributed by atoms with van der Waals surface area (Å²) in [6.07, 6.45) is 0. The Morgan fingerprint density at radius 2 is 1.94 bits per heavy atom. The number of nitrogens with one attached hydrogen (secondary N) is 1. The summed E-state index contributed by atoms with van der Waals surface area (Å²) in [6, 6.07) is 6.93. The molecule has 5 heteroatoms. The van der Waals surface area contributed by atoms with Crippen molar-refractivity contribution in [3.05, 3.63) is 54.3 Å². The molecule has 1 aromatic heterocycles. The van der Waals surface area contributed by atoms with Crippen LogP contribution in [-0.2, 0) is 0 Å². The minimum Gasteiger partial charge on any atom is -0.309 e. The van der Waals surface area contributed by atoms with E-state index in [0.717, 1.165) is 24.3 Å². The van der Waals surface area contributed by atoms with Crippen molar-refractivity contribution in [1.29, 1.82) is 0 Å². The maximum atomic E-state index is 13.4. The molecule has 0 saturated heterocycles. The van der Waals surface area contributed by atoms with Crippen molar-refractivity contribution in [2.75, 3.05) is 7.05 Å². The average Bonchev–Trinajstić information content (AvgIpc) is 2.64. The fraction of sp³-hybridized carbons (Fsp3) is 0.231.